The Labute approximate surface area is 90.6 Å². The molecule has 1 aromatic rings. The number of carboxylic acids is 1. The molecular weight excluding hydrogens is 212 g/mol. The number of carboxylic acid groups (broad SMARTS) is 1. The third-order valence-corrected chi connectivity index (χ3v) is 2.27. The van der Waals surface area contributed by atoms with Gasteiger partial charge in [-0.3, -0.25) is 4.79 Å². The molecule has 82 valence electrons. The van der Waals surface area contributed by atoms with Crippen LogP contribution in [0.5, 0.6) is 5.75 Å². The number of aliphatic carboxylic acids is 1. The van der Waals surface area contributed by atoms with Crippen molar-refractivity contribution in [3.63, 3.8) is 0 Å². The highest BCUT2D eigenvalue weighted by atomic mass is 16.5. The zero-order valence-corrected chi connectivity index (χ0v) is 8.14. The van der Waals surface area contributed by atoms with Gasteiger partial charge in [0.2, 0.25) is 5.76 Å². The van der Waals surface area contributed by atoms with Crippen molar-refractivity contribution in [2.75, 3.05) is 6.61 Å². The molecule has 0 fully saturated rings. The molecular formula is C11H8O5. The van der Waals surface area contributed by atoms with Gasteiger partial charge in [0.15, 0.2) is 5.78 Å². The standard InChI is InChI=1S/C11H8O5/c12-9-6-3-1-2-4-8(6)16-5-7(9)10(13)11(14)15/h1-4,13H,5H2,(H,14,15)/b10-7-. The molecule has 1 aromatic carbocycles. The van der Waals surface area contributed by atoms with Crippen LogP contribution in [0.3, 0.4) is 0 Å². The van der Waals surface area contributed by atoms with Crippen LogP contribution in [0.4, 0.5) is 0 Å². The summed E-state index contributed by atoms with van der Waals surface area (Å²) in [7, 11) is 0. The third-order valence-electron chi connectivity index (χ3n) is 2.27. The molecule has 1 aliphatic rings. The Morgan fingerprint density at radius 2 is 1.94 bits per heavy atom. The molecule has 2 rings (SSSR count). The van der Waals surface area contributed by atoms with Gasteiger partial charge in [-0.1, -0.05) is 12.1 Å². The summed E-state index contributed by atoms with van der Waals surface area (Å²) >= 11 is 0. The van der Waals surface area contributed by atoms with Gasteiger partial charge in [-0.05, 0) is 12.1 Å². The summed E-state index contributed by atoms with van der Waals surface area (Å²) in [4.78, 5) is 22.3. The summed E-state index contributed by atoms with van der Waals surface area (Å²) in [5, 5.41) is 17.8. The van der Waals surface area contributed by atoms with Gasteiger partial charge < -0.3 is 14.9 Å². The molecule has 0 amide bonds. The zero-order valence-electron chi connectivity index (χ0n) is 8.14. The number of aliphatic hydroxyl groups excluding tert-OH is 1. The Bertz CT molecular complexity index is 501. The van der Waals surface area contributed by atoms with E-state index in [9.17, 15) is 14.7 Å². The number of carbonyl (C=O) groups is 2. The topological polar surface area (TPSA) is 83.8 Å². The molecule has 0 aromatic heterocycles. The van der Waals surface area contributed by atoms with Crippen molar-refractivity contribution >= 4 is 11.8 Å². The van der Waals surface area contributed by atoms with Crippen molar-refractivity contribution in [1.82, 2.24) is 0 Å². The van der Waals surface area contributed by atoms with E-state index in [1.54, 1.807) is 18.2 Å². The van der Waals surface area contributed by atoms with Crippen LogP contribution in [0.15, 0.2) is 35.6 Å². The van der Waals surface area contributed by atoms with Crippen LogP contribution in [0, 0.1) is 0 Å². The average Bonchev–Trinajstić information content (AvgIpc) is 2.29. The van der Waals surface area contributed by atoms with Gasteiger partial charge in [0, 0.05) is 0 Å². The first-order valence-electron chi connectivity index (χ1n) is 4.53. The number of ether oxygens (including phenoxy) is 1. The van der Waals surface area contributed by atoms with Crippen molar-refractivity contribution in [2.24, 2.45) is 0 Å². The minimum Gasteiger partial charge on any atom is -0.501 e. The molecule has 0 unspecified atom stereocenters. The van der Waals surface area contributed by atoms with Gasteiger partial charge in [0.1, 0.15) is 12.4 Å². The van der Waals surface area contributed by atoms with E-state index in [1.165, 1.54) is 6.07 Å². The van der Waals surface area contributed by atoms with Crippen LogP contribution in [0.1, 0.15) is 10.4 Å². The lowest BCUT2D eigenvalue weighted by molar-refractivity contribution is -0.135. The Hall–Kier alpha value is -2.30. The van der Waals surface area contributed by atoms with Crippen LogP contribution in [-0.4, -0.2) is 28.6 Å². The summed E-state index contributed by atoms with van der Waals surface area (Å²) in [6.45, 7) is -0.228. The van der Waals surface area contributed by atoms with Crippen molar-refractivity contribution in [1.29, 1.82) is 0 Å². The number of para-hydroxylation sites is 1. The Kier molecular flexibility index (Phi) is 2.36. The second kappa shape index (κ2) is 3.69. The highest BCUT2D eigenvalue weighted by Crippen LogP contribution is 2.27. The smallest absolute Gasteiger partial charge is 0.371 e. The Morgan fingerprint density at radius 1 is 1.25 bits per heavy atom. The molecule has 16 heavy (non-hydrogen) atoms. The predicted octanol–water partition coefficient (Wildman–Crippen LogP) is 1.16. The number of benzene rings is 1. The highest BCUT2D eigenvalue weighted by Gasteiger charge is 2.28. The van der Waals surface area contributed by atoms with Crippen molar-refractivity contribution < 1.29 is 24.5 Å². The van der Waals surface area contributed by atoms with Gasteiger partial charge in [-0.15, -0.1) is 0 Å². The monoisotopic (exact) mass is 220 g/mol. The number of fused-ring (bicyclic) bond motifs is 1. The molecule has 0 atom stereocenters. The summed E-state index contributed by atoms with van der Waals surface area (Å²) in [5.41, 5.74) is 0.0303. The van der Waals surface area contributed by atoms with Crippen LogP contribution in [-0.2, 0) is 4.79 Å². The maximum absolute atomic E-state index is 11.8. The minimum atomic E-state index is -1.54. The molecule has 1 aliphatic heterocycles. The largest absolute Gasteiger partial charge is 0.501 e. The van der Waals surface area contributed by atoms with Gasteiger partial charge in [-0.25, -0.2) is 4.79 Å². The van der Waals surface area contributed by atoms with Crippen LogP contribution >= 0.6 is 0 Å². The van der Waals surface area contributed by atoms with E-state index in [-0.39, 0.29) is 17.7 Å². The van der Waals surface area contributed by atoms with Gasteiger partial charge in [-0.2, -0.15) is 0 Å². The van der Waals surface area contributed by atoms with Crippen molar-refractivity contribution in [3.8, 4) is 5.75 Å². The Balaban J connectivity index is 2.50. The molecule has 0 bridgehead atoms. The summed E-state index contributed by atoms with van der Waals surface area (Å²) in [6.07, 6.45) is 0. The lowest BCUT2D eigenvalue weighted by Gasteiger charge is -2.18. The summed E-state index contributed by atoms with van der Waals surface area (Å²) in [6, 6.07) is 6.48. The van der Waals surface area contributed by atoms with E-state index in [2.05, 4.69) is 0 Å². The first-order valence-corrected chi connectivity index (χ1v) is 4.53. The van der Waals surface area contributed by atoms with E-state index >= 15 is 0 Å². The van der Waals surface area contributed by atoms with Gasteiger partial charge >= 0.3 is 5.97 Å². The van der Waals surface area contributed by atoms with Gasteiger partial charge in [0.05, 0.1) is 11.1 Å². The van der Waals surface area contributed by atoms with E-state index < -0.39 is 17.5 Å². The maximum atomic E-state index is 11.8. The summed E-state index contributed by atoms with van der Waals surface area (Å²) in [5.74, 6) is -2.61. The SMILES string of the molecule is O=C(O)/C(O)=C1\COc2ccccc2C1=O. The highest BCUT2D eigenvalue weighted by molar-refractivity contribution is 6.14. The lowest BCUT2D eigenvalue weighted by Crippen LogP contribution is -2.23. The van der Waals surface area contributed by atoms with Crippen LogP contribution in [0.2, 0.25) is 0 Å². The number of rotatable bonds is 1. The number of ketones is 1. The van der Waals surface area contributed by atoms with E-state index in [1.807, 2.05) is 0 Å². The first kappa shape index (κ1) is 10.2. The van der Waals surface area contributed by atoms with Crippen LogP contribution in [0.25, 0.3) is 0 Å². The zero-order chi connectivity index (χ0) is 11.7. The minimum absolute atomic E-state index is 0.228. The molecule has 2 N–H and O–H groups in total. The lowest BCUT2D eigenvalue weighted by atomic mass is 9.99. The second-order valence-electron chi connectivity index (χ2n) is 3.25. The van der Waals surface area contributed by atoms with Gasteiger partial charge in [0.25, 0.3) is 0 Å². The molecule has 0 spiro atoms. The third kappa shape index (κ3) is 1.52. The quantitative estimate of drug-likeness (QED) is 0.548. The average molecular weight is 220 g/mol. The van der Waals surface area contributed by atoms with Crippen molar-refractivity contribution in [3.05, 3.63) is 41.2 Å². The fraction of sp³-hybridized carbons (Fsp3) is 0.0909. The van der Waals surface area contributed by atoms with Crippen molar-refractivity contribution in [2.45, 2.75) is 0 Å². The predicted molar refractivity (Wildman–Crippen MR) is 53.6 cm³/mol. The number of hydrogen-bond donors (Lipinski definition) is 2. The Morgan fingerprint density at radius 3 is 2.62 bits per heavy atom. The normalized spacial score (nSPS) is 17.4. The fourth-order valence-corrected chi connectivity index (χ4v) is 1.46. The number of aliphatic hydroxyl groups is 1. The maximum Gasteiger partial charge on any atom is 0.371 e. The second-order valence-corrected chi connectivity index (χ2v) is 3.25. The molecule has 0 aliphatic carbocycles. The molecule has 0 radical (unpaired) electrons. The molecule has 5 nitrogen and oxygen atoms in total. The molecule has 0 saturated heterocycles. The van der Waals surface area contributed by atoms with E-state index in [0.717, 1.165) is 0 Å². The number of Topliss-reactive ketones (excluding diaryl/α,β-unsaturated/α-hetero) is 1. The molecule has 1 heterocycles. The summed E-state index contributed by atoms with van der Waals surface area (Å²) < 4.78 is 5.18. The first-order chi connectivity index (χ1) is 7.61. The molecule has 5 heteroatoms. The van der Waals surface area contributed by atoms with Crippen LogP contribution < -0.4 is 4.74 Å². The fourth-order valence-electron chi connectivity index (χ4n) is 1.46. The molecule has 0 saturated carbocycles. The number of hydrogen-bond acceptors (Lipinski definition) is 4. The van der Waals surface area contributed by atoms with E-state index in [0.29, 0.717) is 5.75 Å². The number of carbonyl (C=O) groups excluding carboxylic acids is 1. The van der Waals surface area contributed by atoms with E-state index in [4.69, 9.17) is 9.84 Å².